The van der Waals surface area contributed by atoms with Gasteiger partial charge in [-0.1, -0.05) is 49.8 Å². The van der Waals surface area contributed by atoms with E-state index < -0.39 is 90.7 Å². The van der Waals surface area contributed by atoms with Gasteiger partial charge in [0.1, 0.15) is 29.2 Å². The molecule has 61 heavy (non-hydrogen) atoms. The predicted octanol–water partition coefficient (Wildman–Crippen LogP) is 6.08. The lowest BCUT2D eigenvalue weighted by atomic mass is 10.00. The summed E-state index contributed by atoms with van der Waals surface area (Å²) >= 11 is 0.951. The number of hydrogen-bond donors (Lipinski definition) is 2. The Balaban J connectivity index is 1.90. The van der Waals surface area contributed by atoms with Crippen LogP contribution in [0, 0.1) is 12.3 Å². The highest BCUT2D eigenvalue weighted by atomic mass is 32.2. The van der Waals surface area contributed by atoms with E-state index in [2.05, 4.69) is 20.3 Å². The van der Waals surface area contributed by atoms with Crippen LogP contribution in [-0.2, 0) is 48.6 Å². The standard InChI is InChI=1S/C38H54N7O14PS/c1-22-20-44(33(50)40-30(22)47)29-19-26(42-43-39)28(56-29)21-55-60(53,54-16-17-61-32(49)36(3,4)5)59-25-14-12-24(13-15-25)18-27(31(48)41-34(51)57-37(6,7)8)45(23(2)46)35(52)58-38(9,10)11/h12-15,20,26-29H,16-19,21H2,1-11H3,(H,40,47,50)(H,41,48,51)/t26-,27-,28+,29+,60?/m0/s1. The Bertz CT molecular complexity index is 2150. The predicted molar refractivity (Wildman–Crippen MR) is 222 cm³/mol. The van der Waals surface area contributed by atoms with Gasteiger partial charge in [0.25, 0.3) is 11.5 Å². The number of carbonyl (C=O) groups is 5. The molecule has 3 rings (SSSR count). The highest BCUT2D eigenvalue weighted by Gasteiger charge is 2.41. The van der Waals surface area contributed by atoms with Crippen molar-refractivity contribution in [2.45, 2.75) is 125 Å². The van der Waals surface area contributed by atoms with Crippen molar-refractivity contribution in [2.75, 3.05) is 19.0 Å². The van der Waals surface area contributed by atoms with Gasteiger partial charge in [-0.05, 0) is 71.7 Å². The molecule has 1 unspecified atom stereocenters. The first-order valence-corrected chi connectivity index (χ1v) is 21.5. The van der Waals surface area contributed by atoms with Gasteiger partial charge in [-0.2, -0.15) is 0 Å². The van der Waals surface area contributed by atoms with Crippen LogP contribution in [-0.4, -0.2) is 91.9 Å². The van der Waals surface area contributed by atoms with E-state index in [1.54, 1.807) is 62.3 Å². The first-order chi connectivity index (χ1) is 28.1. The smallest absolute Gasteiger partial charge is 0.444 e. The molecule has 0 bridgehead atoms. The average molecular weight is 896 g/mol. The zero-order valence-electron chi connectivity index (χ0n) is 36.0. The summed E-state index contributed by atoms with van der Waals surface area (Å²) in [5.74, 6) is -1.89. The van der Waals surface area contributed by atoms with Crippen LogP contribution in [0.3, 0.4) is 0 Å². The van der Waals surface area contributed by atoms with Gasteiger partial charge in [0.2, 0.25) is 5.91 Å². The number of nitrogens with zero attached hydrogens (tertiary/aromatic N) is 5. The number of aryl methyl sites for hydroxylation is 1. The van der Waals surface area contributed by atoms with E-state index >= 15 is 0 Å². The number of rotatable bonds is 15. The molecule has 0 saturated carbocycles. The first kappa shape index (κ1) is 50.4. The number of amides is 4. The number of azide groups is 1. The van der Waals surface area contributed by atoms with Gasteiger partial charge < -0.3 is 18.7 Å². The molecule has 4 amide bonds. The number of alkyl carbamates (subject to hydrolysis) is 1. The van der Waals surface area contributed by atoms with Gasteiger partial charge in [0.05, 0.1) is 25.4 Å². The molecule has 0 aliphatic carbocycles. The zero-order chi connectivity index (χ0) is 46.1. The van der Waals surface area contributed by atoms with E-state index in [4.69, 9.17) is 27.8 Å². The largest absolute Gasteiger partial charge is 0.530 e. The SMILES string of the molecule is CC(=O)N(C(=O)OC(C)(C)C)[C@@H](Cc1ccc(OP(=O)(OCCSC(=O)C(C)(C)C)OC[C@H]2O[C@@H](n3cc(C)c(=O)[nH]c3=O)C[C@@H]2N=[N+]=[N-])cc1)C(=O)NC(=O)OC(C)(C)C. The fourth-order valence-electron chi connectivity index (χ4n) is 5.39. The number of ether oxygens (including phenoxy) is 3. The molecule has 1 fully saturated rings. The highest BCUT2D eigenvalue weighted by Crippen LogP contribution is 2.50. The molecular formula is C38H54N7O14PS. The first-order valence-electron chi connectivity index (χ1n) is 19.0. The van der Waals surface area contributed by atoms with Crippen LogP contribution < -0.4 is 21.1 Å². The van der Waals surface area contributed by atoms with E-state index in [9.17, 15) is 43.7 Å². The Morgan fingerprint density at radius 2 is 1.66 bits per heavy atom. The summed E-state index contributed by atoms with van der Waals surface area (Å²) in [5.41, 5.74) is 5.78. The monoisotopic (exact) mass is 895 g/mol. The van der Waals surface area contributed by atoms with Crippen molar-refractivity contribution in [1.82, 2.24) is 19.8 Å². The van der Waals surface area contributed by atoms with Gasteiger partial charge >= 0.3 is 25.7 Å². The maximum absolute atomic E-state index is 14.2. The van der Waals surface area contributed by atoms with Gasteiger partial charge in [-0.25, -0.2) is 23.8 Å². The fourth-order valence-corrected chi connectivity index (χ4v) is 7.51. The number of H-pyrrole nitrogens is 1. The third kappa shape index (κ3) is 15.8. The number of phosphoric ester groups is 1. The van der Waals surface area contributed by atoms with Crippen LogP contribution in [0.1, 0.15) is 93.0 Å². The summed E-state index contributed by atoms with van der Waals surface area (Å²) in [5, 5.41) is 5.68. The van der Waals surface area contributed by atoms with Crippen LogP contribution in [0.25, 0.3) is 10.4 Å². The van der Waals surface area contributed by atoms with Crippen LogP contribution in [0.15, 0.2) is 45.2 Å². The van der Waals surface area contributed by atoms with Crippen molar-refractivity contribution in [3.8, 4) is 5.75 Å². The summed E-state index contributed by atoms with van der Waals surface area (Å²) in [6.07, 6.45) is -3.35. The van der Waals surface area contributed by atoms with E-state index in [0.29, 0.717) is 10.5 Å². The topological polar surface area (TPSA) is 277 Å². The Morgan fingerprint density at radius 1 is 1.03 bits per heavy atom. The van der Waals surface area contributed by atoms with Crippen molar-refractivity contribution < 1.29 is 56.3 Å². The average Bonchev–Trinajstić information content (AvgIpc) is 3.51. The third-order valence-electron chi connectivity index (χ3n) is 8.17. The van der Waals surface area contributed by atoms with Crippen molar-refractivity contribution >= 4 is 48.7 Å². The Kier molecular flexibility index (Phi) is 17.1. The number of aromatic nitrogens is 2. The molecule has 21 nitrogen and oxygen atoms in total. The molecule has 1 aliphatic heterocycles. The van der Waals surface area contributed by atoms with Crippen molar-refractivity contribution in [1.29, 1.82) is 0 Å². The number of carbonyl (C=O) groups excluding carboxylic acids is 5. The second kappa shape index (κ2) is 20.7. The quantitative estimate of drug-likeness (QED) is 0.0673. The maximum Gasteiger partial charge on any atom is 0.530 e. The molecule has 336 valence electrons. The molecule has 1 aromatic heterocycles. The van der Waals surface area contributed by atoms with Gasteiger partial charge in [0.15, 0.2) is 5.12 Å². The normalized spacial score (nSPS) is 18.2. The van der Waals surface area contributed by atoms with Gasteiger partial charge in [-0.3, -0.25) is 43.1 Å². The fraction of sp³-hybridized carbons (Fsp3) is 0.605. The van der Waals surface area contributed by atoms with E-state index in [-0.39, 0.29) is 41.6 Å². The van der Waals surface area contributed by atoms with E-state index in [1.807, 2.05) is 0 Å². The van der Waals surface area contributed by atoms with Crippen molar-refractivity contribution in [2.24, 2.45) is 10.5 Å². The number of aromatic amines is 1. The number of hydrogen-bond acceptors (Lipinski definition) is 16. The van der Waals surface area contributed by atoms with Gasteiger partial charge in [-0.15, -0.1) is 0 Å². The molecule has 1 aromatic carbocycles. The summed E-state index contributed by atoms with van der Waals surface area (Å²) < 4.78 is 49.0. The number of benzene rings is 1. The molecule has 2 aromatic rings. The van der Waals surface area contributed by atoms with Crippen LogP contribution in [0.2, 0.25) is 0 Å². The van der Waals surface area contributed by atoms with Crippen LogP contribution >= 0.6 is 19.6 Å². The molecule has 2 heterocycles. The lowest BCUT2D eigenvalue weighted by Gasteiger charge is -2.31. The Hall–Kier alpha value is -4.98. The molecule has 1 saturated heterocycles. The summed E-state index contributed by atoms with van der Waals surface area (Å²) in [6, 6.07) is 3.04. The Morgan fingerprint density at radius 3 is 2.21 bits per heavy atom. The van der Waals surface area contributed by atoms with Crippen LogP contribution in [0.5, 0.6) is 5.75 Å². The number of phosphoric acid groups is 1. The number of thioether (sulfide) groups is 1. The maximum atomic E-state index is 14.2. The lowest BCUT2D eigenvalue weighted by molar-refractivity contribution is -0.138. The molecule has 0 radical (unpaired) electrons. The minimum Gasteiger partial charge on any atom is -0.444 e. The highest BCUT2D eigenvalue weighted by molar-refractivity contribution is 8.13. The summed E-state index contributed by atoms with van der Waals surface area (Å²) in [7, 11) is -4.59. The van der Waals surface area contributed by atoms with E-state index in [0.717, 1.165) is 23.3 Å². The molecule has 0 spiro atoms. The number of nitrogens with one attached hydrogen (secondary N) is 2. The van der Waals surface area contributed by atoms with Gasteiger partial charge in [0, 0.05) is 47.6 Å². The number of imide groups is 2. The zero-order valence-corrected chi connectivity index (χ0v) is 37.7. The minimum atomic E-state index is -4.59. The second-order valence-corrected chi connectivity index (χ2v) is 19.6. The third-order valence-corrected chi connectivity index (χ3v) is 10.8. The molecule has 23 heteroatoms. The summed E-state index contributed by atoms with van der Waals surface area (Å²) in [6.45, 7) is 16.4. The summed E-state index contributed by atoms with van der Waals surface area (Å²) in [4.78, 5) is 94.8. The minimum absolute atomic E-state index is 0.00567. The van der Waals surface area contributed by atoms with E-state index in [1.165, 1.54) is 37.4 Å². The molecule has 5 atom stereocenters. The Labute approximate surface area is 356 Å². The molecular weight excluding hydrogens is 841 g/mol. The molecule has 2 N–H and O–H groups in total. The van der Waals surface area contributed by atoms with Crippen LogP contribution in [0.4, 0.5) is 9.59 Å². The van der Waals surface area contributed by atoms with Crippen molar-refractivity contribution in [3.63, 3.8) is 0 Å². The second-order valence-electron chi connectivity index (χ2n) is 16.9. The van der Waals surface area contributed by atoms with Crippen molar-refractivity contribution in [3.05, 3.63) is 72.9 Å². The molecule has 1 aliphatic rings. The lowest BCUT2D eigenvalue weighted by Crippen LogP contribution is -2.55.